The second-order valence-electron chi connectivity index (χ2n) is 8.34. The van der Waals surface area contributed by atoms with Gasteiger partial charge in [-0.15, -0.1) is 0 Å². The van der Waals surface area contributed by atoms with E-state index in [0.29, 0.717) is 4.47 Å². The Morgan fingerprint density at radius 3 is 2.28 bits per heavy atom. The fourth-order valence-electron chi connectivity index (χ4n) is 4.04. The highest BCUT2D eigenvalue weighted by Crippen LogP contribution is 2.33. The molecule has 6 heteroatoms. The third kappa shape index (κ3) is 4.46. The zero-order valence-electron chi connectivity index (χ0n) is 18.9. The number of hydrogen-bond donors (Lipinski definition) is 1. The molecular formula is C26H27BBrN3O. The molecule has 0 amide bonds. The number of imidazole rings is 1. The average molecular weight is 488 g/mol. The monoisotopic (exact) mass is 487 g/mol. The van der Waals surface area contributed by atoms with Crippen molar-refractivity contribution in [3.8, 4) is 28.4 Å². The lowest BCUT2D eigenvalue weighted by Gasteiger charge is -2.14. The zero-order valence-corrected chi connectivity index (χ0v) is 20.5. The molecule has 3 aromatic carbocycles. The molecule has 32 heavy (non-hydrogen) atoms. The summed E-state index contributed by atoms with van der Waals surface area (Å²) >= 11 is 3.48. The third-order valence-electron chi connectivity index (χ3n) is 5.83. The van der Waals surface area contributed by atoms with Crippen molar-refractivity contribution in [2.24, 2.45) is 7.05 Å². The molecule has 0 fully saturated rings. The van der Waals surface area contributed by atoms with E-state index in [0.717, 1.165) is 46.6 Å². The first-order valence-electron chi connectivity index (χ1n) is 10.7. The summed E-state index contributed by atoms with van der Waals surface area (Å²) in [5.74, 6) is 1.16. The van der Waals surface area contributed by atoms with Crippen LogP contribution in [0.1, 0.15) is 11.3 Å². The van der Waals surface area contributed by atoms with Crippen molar-refractivity contribution in [3.63, 3.8) is 0 Å². The Morgan fingerprint density at radius 1 is 0.969 bits per heavy atom. The van der Waals surface area contributed by atoms with Gasteiger partial charge in [-0.25, -0.2) is 4.98 Å². The molecule has 0 saturated carbocycles. The van der Waals surface area contributed by atoms with Gasteiger partial charge in [-0.2, -0.15) is 0 Å². The van der Waals surface area contributed by atoms with Gasteiger partial charge in [0.05, 0.1) is 15.9 Å². The molecule has 1 aromatic heterocycles. The predicted octanol–water partition coefficient (Wildman–Crippen LogP) is 4.33. The summed E-state index contributed by atoms with van der Waals surface area (Å²) < 4.78 is 2.85. The molecular weight excluding hydrogens is 461 g/mol. The minimum absolute atomic E-state index is 0.270. The highest BCUT2D eigenvalue weighted by molar-refractivity contribution is 9.10. The number of aromatic hydroxyl groups is 1. The fourth-order valence-corrected chi connectivity index (χ4v) is 4.60. The van der Waals surface area contributed by atoms with E-state index in [1.165, 1.54) is 11.3 Å². The van der Waals surface area contributed by atoms with Gasteiger partial charge in [0.2, 0.25) is 0 Å². The van der Waals surface area contributed by atoms with Crippen LogP contribution in [-0.4, -0.2) is 36.6 Å². The van der Waals surface area contributed by atoms with Crippen LogP contribution in [-0.2, 0) is 19.9 Å². The van der Waals surface area contributed by atoms with Gasteiger partial charge >= 0.3 is 0 Å². The molecule has 0 aliphatic heterocycles. The Labute approximate surface area is 199 Å². The highest BCUT2D eigenvalue weighted by Gasteiger charge is 2.19. The van der Waals surface area contributed by atoms with Crippen molar-refractivity contribution in [1.29, 1.82) is 0 Å². The van der Waals surface area contributed by atoms with E-state index < -0.39 is 0 Å². The largest absolute Gasteiger partial charge is 0.507 e. The van der Waals surface area contributed by atoms with Crippen LogP contribution in [0.5, 0.6) is 5.75 Å². The van der Waals surface area contributed by atoms with Crippen molar-refractivity contribution >= 4 is 34.9 Å². The van der Waals surface area contributed by atoms with E-state index in [1.54, 1.807) is 0 Å². The quantitative estimate of drug-likeness (QED) is 0.411. The Hall–Kier alpha value is -2.99. The molecule has 1 heterocycles. The smallest absolute Gasteiger partial charge is 0.144 e. The average Bonchev–Trinajstić information content (AvgIpc) is 3.12. The van der Waals surface area contributed by atoms with Crippen molar-refractivity contribution in [2.45, 2.75) is 12.8 Å². The maximum atomic E-state index is 10.2. The number of hydrogen-bond acceptors (Lipinski definition) is 3. The van der Waals surface area contributed by atoms with E-state index in [9.17, 15) is 5.11 Å². The standard InChI is InChI=1S/C26H27BBrN3O/c1-30(2)20-12-10-18(11-13-20)24-23(14-9-17-7-5-4-6-8-17)29-26(31(24)3)19-15-21(27)25(32)22(28)16-19/h4-8,10-13,15-16,32H,9,14,27H2,1-3H3. The number of nitrogens with zero attached hydrogens (tertiary/aromatic N) is 3. The number of phenolic OH excluding ortho intramolecular Hbond substituents is 1. The third-order valence-corrected chi connectivity index (χ3v) is 6.43. The van der Waals surface area contributed by atoms with Gasteiger partial charge in [0.1, 0.15) is 19.4 Å². The van der Waals surface area contributed by atoms with Crippen molar-refractivity contribution in [2.75, 3.05) is 19.0 Å². The Bertz CT molecular complexity index is 1210. The predicted molar refractivity (Wildman–Crippen MR) is 140 cm³/mol. The van der Waals surface area contributed by atoms with Crippen molar-refractivity contribution < 1.29 is 5.11 Å². The number of aryl methyl sites for hydroxylation is 2. The minimum atomic E-state index is 0.270. The van der Waals surface area contributed by atoms with Gasteiger partial charge in [-0.05, 0) is 58.0 Å². The highest BCUT2D eigenvalue weighted by atomic mass is 79.9. The Morgan fingerprint density at radius 2 is 1.66 bits per heavy atom. The van der Waals surface area contributed by atoms with Gasteiger partial charge in [0.25, 0.3) is 0 Å². The SMILES string of the molecule is Bc1cc(-c2nc(CCc3ccccc3)c(-c3ccc(N(C)C)cc3)n2C)cc(Br)c1O. The molecule has 0 aliphatic carbocycles. The van der Waals surface area contributed by atoms with Crippen LogP contribution in [0, 0.1) is 0 Å². The topological polar surface area (TPSA) is 41.3 Å². The Kier molecular flexibility index (Phi) is 6.42. The summed E-state index contributed by atoms with van der Waals surface area (Å²) in [7, 11) is 8.07. The molecule has 0 bridgehead atoms. The second kappa shape index (κ2) is 9.25. The first-order chi connectivity index (χ1) is 15.3. The summed E-state index contributed by atoms with van der Waals surface area (Å²) in [6, 6.07) is 23.1. The van der Waals surface area contributed by atoms with Crippen LogP contribution in [0.15, 0.2) is 71.2 Å². The van der Waals surface area contributed by atoms with E-state index in [1.807, 2.05) is 40.1 Å². The summed E-state index contributed by atoms with van der Waals surface area (Å²) in [6.45, 7) is 0. The van der Waals surface area contributed by atoms with Gasteiger partial charge in [0.15, 0.2) is 0 Å². The van der Waals surface area contributed by atoms with E-state index >= 15 is 0 Å². The second-order valence-corrected chi connectivity index (χ2v) is 9.19. The fraction of sp³-hybridized carbons (Fsp3) is 0.192. The van der Waals surface area contributed by atoms with E-state index in [2.05, 4.69) is 81.0 Å². The molecule has 0 aliphatic rings. The molecule has 4 rings (SSSR count). The molecule has 0 saturated heterocycles. The number of rotatable bonds is 6. The molecule has 0 spiro atoms. The summed E-state index contributed by atoms with van der Waals surface area (Å²) in [4.78, 5) is 7.19. The lowest BCUT2D eigenvalue weighted by atomic mass is 9.93. The van der Waals surface area contributed by atoms with Crippen LogP contribution in [0.3, 0.4) is 0 Å². The van der Waals surface area contributed by atoms with Gasteiger partial charge in [-0.1, -0.05) is 48.5 Å². The molecule has 0 radical (unpaired) electrons. The number of benzene rings is 3. The molecule has 162 valence electrons. The van der Waals surface area contributed by atoms with E-state index in [4.69, 9.17) is 4.98 Å². The van der Waals surface area contributed by atoms with Crippen LogP contribution >= 0.6 is 15.9 Å². The number of phenols is 1. The van der Waals surface area contributed by atoms with Crippen LogP contribution in [0.4, 0.5) is 5.69 Å². The summed E-state index contributed by atoms with van der Waals surface area (Å²) in [5, 5.41) is 10.2. The Balaban J connectivity index is 1.80. The van der Waals surface area contributed by atoms with Crippen LogP contribution in [0.2, 0.25) is 0 Å². The zero-order chi connectivity index (χ0) is 22.8. The molecule has 4 nitrogen and oxygen atoms in total. The lowest BCUT2D eigenvalue weighted by molar-refractivity contribution is 0.476. The first-order valence-corrected chi connectivity index (χ1v) is 11.5. The minimum Gasteiger partial charge on any atom is -0.507 e. The van der Waals surface area contributed by atoms with Crippen LogP contribution < -0.4 is 10.4 Å². The maximum absolute atomic E-state index is 10.2. The normalized spacial score (nSPS) is 11.0. The van der Waals surface area contributed by atoms with Gasteiger partial charge in [0, 0.05) is 38.0 Å². The van der Waals surface area contributed by atoms with Gasteiger partial charge < -0.3 is 14.6 Å². The maximum Gasteiger partial charge on any atom is 0.144 e. The molecule has 1 N–H and O–H groups in total. The summed E-state index contributed by atoms with van der Waals surface area (Å²) in [5.41, 5.74) is 7.62. The lowest BCUT2D eigenvalue weighted by Crippen LogP contribution is -2.08. The molecule has 0 atom stereocenters. The van der Waals surface area contributed by atoms with Crippen molar-refractivity contribution in [1.82, 2.24) is 9.55 Å². The molecule has 0 unspecified atom stereocenters. The van der Waals surface area contributed by atoms with Gasteiger partial charge in [-0.3, -0.25) is 0 Å². The number of halogens is 1. The first kappa shape index (κ1) is 22.2. The van der Waals surface area contributed by atoms with E-state index in [-0.39, 0.29) is 5.75 Å². The number of aromatic nitrogens is 2. The molecule has 4 aromatic rings. The van der Waals surface area contributed by atoms with Crippen molar-refractivity contribution in [3.05, 3.63) is 82.5 Å². The number of anilines is 1. The van der Waals surface area contributed by atoms with Crippen LogP contribution in [0.25, 0.3) is 22.6 Å². The summed E-state index contributed by atoms with van der Waals surface area (Å²) in [6.07, 6.45) is 1.78.